The highest BCUT2D eigenvalue weighted by molar-refractivity contribution is 5.79. The van der Waals surface area contributed by atoms with Gasteiger partial charge in [-0.15, -0.1) is 0 Å². The third-order valence-corrected chi connectivity index (χ3v) is 7.62. The Bertz CT molecular complexity index is 790. The molecule has 3 aliphatic rings. The van der Waals surface area contributed by atoms with Crippen LogP contribution in [-0.2, 0) is 23.8 Å². The first-order chi connectivity index (χ1) is 14.8. The van der Waals surface area contributed by atoms with E-state index in [1.165, 1.54) is 13.8 Å². The molecule has 2 aliphatic carbocycles. The van der Waals surface area contributed by atoms with E-state index in [0.29, 0.717) is 12.8 Å². The fourth-order valence-corrected chi connectivity index (χ4v) is 5.23. The van der Waals surface area contributed by atoms with Crippen LogP contribution in [0.3, 0.4) is 0 Å². The highest BCUT2D eigenvalue weighted by Gasteiger charge is 2.73. The second-order valence-electron chi connectivity index (χ2n) is 10.4. The summed E-state index contributed by atoms with van der Waals surface area (Å²) in [6, 6.07) is 0. The van der Waals surface area contributed by atoms with E-state index in [9.17, 15) is 41.0 Å². The van der Waals surface area contributed by atoms with Gasteiger partial charge in [0.2, 0.25) is 0 Å². The molecular formula is C21H28F6O6. The minimum atomic E-state index is -6.03. The summed E-state index contributed by atoms with van der Waals surface area (Å²) in [5.74, 6) is -3.82. The van der Waals surface area contributed by atoms with Gasteiger partial charge in [-0.25, -0.2) is 0 Å². The number of esters is 2. The van der Waals surface area contributed by atoms with Crippen LogP contribution in [0, 0.1) is 29.1 Å². The normalized spacial score (nSPS) is 32.3. The summed E-state index contributed by atoms with van der Waals surface area (Å²) in [6.07, 6.45) is -12.8. The fraction of sp³-hybridized carbons (Fsp3) is 0.905. The van der Waals surface area contributed by atoms with Crippen molar-refractivity contribution < 1.29 is 55.2 Å². The highest BCUT2D eigenvalue weighted by atomic mass is 19.4. The van der Waals surface area contributed by atoms with Gasteiger partial charge in [-0.3, -0.25) is 9.59 Å². The summed E-state index contributed by atoms with van der Waals surface area (Å²) >= 11 is 0. The van der Waals surface area contributed by atoms with Crippen LogP contribution in [0.4, 0.5) is 26.3 Å². The largest absolute Gasteiger partial charge is 0.458 e. The van der Waals surface area contributed by atoms with Crippen LogP contribution < -0.4 is 0 Å². The fourth-order valence-electron chi connectivity index (χ4n) is 5.23. The number of fused-ring (bicyclic) bond motifs is 1. The molecule has 0 aromatic rings. The molecule has 0 radical (unpaired) electrons. The van der Waals surface area contributed by atoms with Crippen LogP contribution in [0.1, 0.15) is 47.5 Å². The van der Waals surface area contributed by atoms with Crippen LogP contribution >= 0.6 is 0 Å². The maximum Gasteiger partial charge on any atom is 0.428 e. The Morgan fingerprint density at radius 1 is 1.06 bits per heavy atom. The second-order valence-corrected chi connectivity index (χ2v) is 10.4. The molecule has 2 saturated carbocycles. The Morgan fingerprint density at radius 2 is 1.61 bits per heavy atom. The van der Waals surface area contributed by atoms with Crippen molar-refractivity contribution >= 4 is 11.9 Å². The molecule has 3 fully saturated rings. The first kappa shape index (κ1) is 26.1. The van der Waals surface area contributed by atoms with Crippen molar-refractivity contribution in [1.82, 2.24) is 0 Å². The van der Waals surface area contributed by atoms with E-state index in [0.717, 1.165) is 0 Å². The maximum atomic E-state index is 13.1. The molecule has 3 rings (SSSR count). The first-order valence-electron chi connectivity index (χ1n) is 10.7. The molecule has 1 N–H and O–H groups in total. The van der Waals surface area contributed by atoms with Crippen molar-refractivity contribution in [3.05, 3.63) is 0 Å². The molecule has 1 aliphatic heterocycles. The Hall–Kier alpha value is -1.56. The Balaban J connectivity index is 1.86. The van der Waals surface area contributed by atoms with E-state index < -0.39 is 77.5 Å². The summed E-state index contributed by atoms with van der Waals surface area (Å²) in [5.41, 5.74) is -7.61. The molecule has 6 atom stereocenters. The SMILES string of the molecule is CCC(C)(C)C(=O)OC1C2CC3C1OC(=O)C3C2C(C)(C)OCC(O)(C(F)(F)F)C(F)(F)F. The summed E-state index contributed by atoms with van der Waals surface area (Å²) in [4.78, 5) is 25.2. The Labute approximate surface area is 186 Å². The average Bonchev–Trinajstić information content (AvgIpc) is 3.27. The zero-order chi connectivity index (χ0) is 25.4. The van der Waals surface area contributed by atoms with Crippen molar-refractivity contribution in [2.75, 3.05) is 6.61 Å². The summed E-state index contributed by atoms with van der Waals surface area (Å²) in [7, 11) is 0. The highest BCUT2D eigenvalue weighted by Crippen LogP contribution is 2.62. The zero-order valence-electron chi connectivity index (χ0n) is 18.8. The lowest BCUT2D eigenvalue weighted by atomic mass is 9.70. The van der Waals surface area contributed by atoms with Gasteiger partial charge in [0.1, 0.15) is 12.2 Å². The zero-order valence-corrected chi connectivity index (χ0v) is 18.8. The number of carbonyl (C=O) groups is 2. The van der Waals surface area contributed by atoms with E-state index in [-0.39, 0.29) is 5.92 Å². The molecule has 1 saturated heterocycles. The van der Waals surface area contributed by atoms with Gasteiger partial charge in [-0.1, -0.05) is 6.92 Å². The number of aliphatic hydroxyl groups is 1. The molecule has 12 heteroatoms. The van der Waals surface area contributed by atoms with Crippen molar-refractivity contribution in [3.8, 4) is 0 Å². The van der Waals surface area contributed by atoms with Gasteiger partial charge >= 0.3 is 24.3 Å². The van der Waals surface area contributed by atoms with Gasteiger partial charge in [-0.05, 0) is 40.5 Å². The topological polar surface area (TPSA) is 82.1 Å². The second kappa shape index (κ2) is 7.73. The summed E-state index contributed by atoms with van der Waals surface area (Å²) in [6.45, 7) is 5.56. The lowest BCUT2D eigenvalue weighted by molar-refractivity contribution is -0.383. The number of alkyl halides is 6. The molecule has 1 heterocycles. The summed E-state index contributed by atoms with van der Waals surface area (Å²) in [5, 5.41) is 9.46. The lowest BCUT2D eigenvalue weighted by Gasteiger charge is -2.43. The molecule has 2 bridgehead atoms. The number of rotatable bonds is 7. The number of ether oxygens (including phenoxy) is 3. The van der Waals surface area contributed by atoms with Gasteiger partial charge < -0.3 is 19.3 Å². The van der Waals surface area contributed by atoms with Crippen molar-refractivity contribution in [2.24, 2.45) is 29.1 Å². The number of halogens is 6. The molecule has 6 unspecified atom stereocenters. The standard InChI is InChI=1S/C21H28F6O6/c1-6-17(2,3)16(29)33-14-10-7-9-11(15(28)32-13(9)14)12(10)18(4,5)31-8-19(30,20(22,23)24)21(25,26)27/h9-14,30H,6-8H2,1-5H3. The van der Waals surface area contributed by atoms with Crippen LogP contribution in [0.5, 0.6) is 0 Å². The predicted octanol–water partition coefficient (Wildman–Crippen LogP) is 3.79. The van der Waals surface area contributed by atoms with E-state index in [2.05, 4.69) is 0 Å². The van der Waals surface area contributed by atoms with Gasteiger partial charge in [-0.2, -0.15) is 26.3 Å². The van der Waals surface area contributed by atoms with Crippen LogP contribution in [0.2, 0.25) is 0 Å². The Kier molecular flexibility index (Phi) is 6.10. The van der Waals surface area contributed by atoms with Gasteiger partial charge in [0.05, 0.1) is 23.5 Å². The number of carbonyl (C=O) groups excluding carboxylic acids is 2. The van der Waals surface area contributed by atoms with Crippen molar-refractivity contribution in [3.63, 3.8) is 0 Å². The smallest absolute Gasteiger partial charge is 0.428 e. The van der Waals surface area contributed by atoms with E-state index in [1.54, 1.807) is 20.8 Å². The maximum absolute atomic E-state index is 13.1. The molecule has 190 valence electrons. The number of hydrogen-bond acceptors (Lipinski definition) is 6. The molecule has 0 spiro atoms. The third-order valence-electron chi connectivity index (χ3n) is 7.62. The minimum absolute atomic E-state index is 0.353. The monoisotopic (exact) mass is 490 g/mol. The molecular weight excluding hydrogens is 462 g/mol. The van der Waals surface area contributed by atoms with Crippen molar-refractivity contribution in [1.29, 1.82) is 0 Å². The summed E-state index contributed by atoms with van der Waals surface area (Å²) < 4.78 is 94.7. The lowest BCUT2D eigenvalue weighted by Crippen LogP contribution is -2.61. The molecule has 0 amide bonds. The molecule has 0 aromatic heterocycles. The minimum Gasteiger partial charge on any atom is -0.458 e. The van der Waals surface area contributed by atoms with Crippen LogP contribution in [0.15, 0.2) is 0 Å². The molecule has 0 aromatic carbocycles. The van der Waals surface area contributed by atoms with Crippen LogP contribution in [-0.4, -0.2) is 59.4 Å². The average molecular weight is 490 g/mol. The number of hydrogen-bond donors (Lipinski definition) is 1. The third kappa shape index (κ3) is 4.00. The van der Waals surface area contributed by atoms with Gasteiger partial charge in [0.25, 0.3) is 5.60 Å². The van der Waals surface area contributed by atoms with Crippen LogP contribution in [0.25, 0.3) is 0 Å². The van der Waals surface area contributed by atoms with E-state index in [1.807, 2.05) is 0 Å². The van der Waals surface area contributed by atoms with Gasteiger partial charge in [0, 0.05) is 17.8 Å². The van der Waals surface area contributed by atoms with Gasteiger partial charge in [0.15, 0.2) is 0 Å². The van der Waals surface area contributed by atoms with E-state index in [4.69, 9.17) is 14.2 Å². The quantitative estimate of drug-likeness (QED) is 0.432. The molecule has 6 nitrogen and oxygen atoms in total. The first-order valence-corrected chi connectivity index (χ1v) is 10.7. The van der Waals surface area contributed by atoms with E-state index >= 15 is 0 Å². The predicted molar refractivity (Wildman–Crippen MR) is 99.5 cm³/mol. The molecule has 33 heavy (non-hydrogen) atoms. The Morgan fingerprint density at radius 3 is 2.09 bits per heavy atom. The van der Waals surface area contributed by atoms with Crippen molar-refractivity contribution in [2.45, 2.75) is 83.2 Å².